The SMILES string of the molecule is CC(C)c1ccc(C2C(C#N)=C(N)Oc3c2ccc2cccnc32)cc1. The Morgan fingerprint density at radius 2 is 1.88 bits per heavy atom. The van der Waals surface area contributed by atoms with Crippen LogP contribution < -0.4 is 10.5 Å². The maximum absolute atomic E-state index is 9.69. The molecule has 4 rings (SSSR count). The second-order valence-corrected chi connectivity index (χ2v) is 6.81. The van der Waals surface area contributed by atoms with Crippen LogP contribution in [0.2, 0.25) is 0 Å². The third-order valence-corrected chi connectivity index (χ3v) is 4.89. The molecule has 0 saturated heterocycles. The molecule has 2 N–H and O–H groups in total. The lowest BCUT2D eigenvalue weighted by molar-refractivity contribution is 0.397. The van der Waals surface area contributed by atoms with Crippen molar-refractivity contribution in [3.05, 3.63) is 82.9 Å². The number of pyridine rings is 1. The highest BCUT2D eigenvalue weighted by atomic mass is 16.5. The Labute approximate surface area is 152 Å². The van der Waals surface area contributed by atoms with E-state index in [0.717, 1.165) is 22.0 Å². The van der Waals surface area contributed by atoms with Crippen LogP contribution in [-0.4, -0.2) is 4.98 Å². The summed E-state index contributed by atoms with van der Waals surface area (Å²) in [6, 6.07) is 18.5. The van der Waals surface area contributed by atoms with Crippen molar-refractivity contribution in [2.24, 2.45) is 5.73 Å². The van der Waals surface area contributed by atoms with Gasteiger partial charge in [0.15, 0.2) is 5.75 Å². The van der Waals surface area contributed by atoms with E-state index in [1.165, 1.54) is 5.56 Å². The van der Waals surface area contributed by atoms with Gasteiger partial charge in [0.1, 0.15) is 17.2 Å². The molecule has 0 aliphatic carbocycles. The molecule has 0 saturated carbocycles. The summed E-state index contributed by atoms with van der Waals surface area (Å²) in [6.45, 7) is 4.32. The molecule has 2 aromatic carbocycles. The minimum Gasteiger partial charge on any atom is -0.438 e. The van der Waals surface area contributed by atoms with Gasteiger partial charge in [0, 0.05) is 17.1 Å². The summed E-state index contributed by atoms with van der Waals surface area (Å²) >= 11 is 0. The van der Waals surface area contributed by atoms with Crippen molar-refractivity contribution in [1.29, 1.82) is 5.26 Å². The van der Waals surface area contributed by atoms with Gasteiger partial charge in [0.25, 0.3) is 0 Å². The summed E-state index contributed by atoms with van der Waals surface area (Å²) < 4.78 is 5.83. The summed E-state index contributed by atoms with van der Waals surface area (Å²) in [5.74, 6) is 0.986. The Morgan fingerprint density at radius 3 is 2.58 bits per heavy atom. The molecule has 3 aromatic rings. The van der Waals surface area contributed by atoms with Crippen molar-refractivity contribution < 1.29 is 4.74 Å². The van der Waals surface area contributed by atoms with Gasteiger partial charge in [0.2, 0.25) is 5.88 Å². The molecule has 0 spiro atoms. The van der Waals surface area contributed by atoms with Gasteiger partial charge in [0.05, 0.1) is 5.92 Å². The summed E-state index contributed by atoms with van der Waals surface area (Å²) in [7, 11) is 0. The Kier molecular flexibility index (Phi) is 3.85. The van der Waals surface area contributed by atoms with Crippen molar-refractivity contribution in [2.75, 3.05) is 0 Å². The van der Waals surface area contributed by atoms with E-state index in [1.807, 2.05) is 24.3 Å². The van der Waals surface area contributed by atoms with Crippen LogP contribution in [0.15, 0.2) is 66.2 Å². The molecule has 1 unspecified atom stereocenters. The van der Waals surface area contributed by atoms with Crippen LogP contribution in [0.3, 0.4) is 0 Å². The number of nitriles is 1. The zero-order valence-electron chi connectivity index (χ0n) is 14.7. The van der Waals surface area contributed by atoms with Gasteiger partial charge < -0.3 is 10.5 Å². The van der Waals surface area contributed by atoms with Crippen LogP contribution in [0.1, 0.15) is 42.4 Å². The number of ether oxygens (including phenoxy) is 1. The number of aromatic nitrogens is 1. The van der Waals surface area contributed by atoms with E-state index in [9.17, 15) is 5.26 Å². The third kappa shape index (κ3) is 2.49. The average Bonchev–Trinajstić information content (AvgIpc) is 2.67. The first-order chi connectivity index (χ1) is 12.6. The third-order valence-electron chi connectivity index (χ3n) is 4.89. The van der Waals surface area contributed by atoms with Crippen molar-refractivity contribution in [3.63, 3.8) is 0 Å². The zero-order chi connectivity index (χ0) is 18.3. The van der Waals surface area contributed by atoms with Gasteiger partial charge in [-0.3, -0.25) is 4.98 Å². The van der Waals surface area contributed by atoms with Gasteiger partial charge >= 0.3 is 0 Å². The maximum Gasteiger partial charge on any atom is 0.205 e. The van der Waals surface area contributed by atoms with Crippen LogP contribution in [0, 0.1) is 11.3 Å². The largest absolute Gasteiger partial charge is 0.438 e. The molecule has 0 fully saturated rings. The van der Waals surface area contributed by atoms with E-state index in [4.69, 9.17) is 10.5 Å². The number of benzene rings is 2. The molecule has 1 aliphatic rings. The number of allylic oxidation sites excluding steroid dienone is 1. The lowest BCUT2D eigenvalue weighted by atomic mass is 9.82. The van der Waals surface area contributed by atoms with E-state index < -0.39 is 0 Å². The number of fused-ring (bicyclic) bond motifs is 3. The molecular weight excluding hydrogens is 322 g/mol. The second kappa shape index (κ2) is 6.20. The van der Waals surface area contributed by atoms with Crippen LogP contribution in [0.5, 0.6) is 5.75 Å². The molecule has 0 amide bonds. The van der Waals surface area contributed by atoms with E-state index >= 15 is 0 Å². The number of hydrogen-bond donors (Lipinski definition) is 1. The lowest BCUT2D eigenvalue weighted by Crippen LogP contribution is -2.21. The van der Waals surface area contributed by atoms with Gasteiger partial charge in [-0.25, -0.2) is 0 Å². The molecule has 4 nitrogen and oxygen atoms in total. The van der Waals surface area contributed by atoms with Crippen molar-refractivity contribution in [3.8, 4) is 11.8 Å². The minimum absolute atomic E-state index is 0.149. The zero-order valence-corrected chi connectivity index (χ0v) is 14.7. The van der Waals surface area contributed by atoms with Gasteiger partial charge in [-0.05, 0) is 23.1 Å². The number of rotatable bonds is 2. The monoisotopic (exact) mass is 341 g/mol. The first-order valence-electron chi connectivity index (χ1n) is 8.65. The highest BCUT2D eigenvalue weighted by Gasteiger charge is 2.32. The highest BCUT2D eigenvalue weighted by Crippen LogP contribution is 2.44. The predicted octanol–water partition coefficient (Wildman–Crippen LogP) is 4.58. The Bertz CT molecular complexity index is 1060. The summed E-state index contributed by atoms with van der Waals surface area (Å²) in [5, 5.41) is 10.7. The van der Waals surface area contributed by atoms with Crippen molar-refractivity contribution in [2.45, 2.75) is 25.7 Å². The molecule has 26 heavy (non-hydrogen) atoms. The summed E-state index contributed by atoms with van der Waals surface area (Å²) in [6.07, 6.45) is 1.73. The molecule has 1 atom stereocenters. The molecule has 0 radical (unpaired) electrons. The lowest BCUT2D eigenvalue weighted by Gasteiger charge is -2.27. The Hall–Kier alpha value is -3.32. The topological polar surface area (TPSA) is 71.9 Å². The summed E-state index contributed by atoms with van der Waals surface area (Å²) in [4.78, 5) is 4.46. The molecule has 0 bridgehead atoms. The van der Waals surface area contributed by atoms with E-state index in [1.54, 1.807) is 6.20 Å². The van der Waals surface area contributed by atoms with Gasteiger partial charge in [-0.15, -0.1) is 0 Å². The van der Waals surface area contributed by atoms with Gasteiger partial charge in [-0.1, -0.05) is 56.3 Å². The van der Waals surface area contributed by atoms with Crippen molar-refractivity contribution in [1.82, 2.24) is 4.98 Å². The molecule has 1 aliphatic heterocycles. The van der Waals surface area contributed by atoms with E-state index in [2.05, 4.69) is 49.2 Å². The standard InChI is InChI=1S/C22H19N3O/c1-13(2)14-5-7-15(8-6-14)19-17-10-9-16-4-3-11-25-20(16)21(17)26-22(24)18(19)12-23/h3-11,13,19H,24H2,1-2H3. The minimum atomic E-state index is -0.253. The van der Waals surface area contributed by atoms with Crippen LogP contribution >= 0.6 is 0 Å². The molecule has 4 heteroatoms. The fourth-order valence-electron chi connectivity index (χ4n) is 3.47. The molecule has 128 valence electrons. The number of hydrogen-bond acceptors (Lipinski definition) is 4. The smallest absolute Gasteiger partial charge is 0.205 e. The number of nitrogens with zero attached hydrogens (tertiary/aromatic N) is 2. The molecule has 2 heterocycles. The quantitative estimate of drug-likeness (QED) is 0.741. The fraction of sp³-hybridized carbons (Fsp3) is 0.182. The second-order valence-electron chi connectivity index (χ2n) is 6.81. The molecular formula is C22H19N3O. The summed E-state index contributed by atoms with van der Waals surface area (Å²) in [5.41, 5.74) is 10.5. The first-order valence-corrected chi connectivity index (χ1v) is 8.65. The first kappa shape index (κ1) is 16.2. The Balaban J connectivity index is 1.93. The van der Waals surface area contributed by atoms with E-state index in [0.29, 0.717) is 17.2 Å². The van der Waals surface area contributed by atoms with Crippen LogP contribution in [0.25, 0.3) is 10.9 Å². The normalized spacial score (nSPS) is 16.3. The van der Waals surface area contributed by atoms with Gasteiger partial charge in [-0.2, -0.15) is 5.26 Å². The Morgan fingerprint density at radius 1 is 1.12 bits per heavy atom. The van der Waals surface area contributed by atoms with Crippen LogP contribution in [0.4, 0.5) is 0 Å². The van der Waals surface area contributed by atoms with Crippen molar-refractivity contribution >= 4 is 10.9 Å². The number of nitrogens with two attached hydrogens (primary N) is 1. The molecule has 1 aromatic heterocycles. The predicted molar refractivity (Wildman–Crippen MR) is 102 cm³/mol. The highest BCUT2D eigenvalue weighted by molar-refractivity contribution is 5.87. The van der Waals surface area contributed by atoms with Crippen LogP contribution in [-0.2, 0) is 0 Å². The maximum atomic E-state index is 9.69. The fourth-order valence-corrected chi connectivity index (χ4v) is 3.47. The van der Waals surface area contributed by atoms with E-state index in [-0.39, 0.29) is 11.8 Å². The average molecular weight is 341 g/mol.